The quantitative estimate of drug-likeness (QED) is 0.218. The number of hydrogen-bond acceptors (Lipinski definition) is 7. The minimum atomic E-state index is -5.00. The van der Waals surface area contributed by atoms with E-state index >= 15 is 0 Å². The van der Waals surface area contributed by atoms with Crippen molar-refractivity contribution in [3.8, 4) is 0 Å². The van der Waals surface area contributed by atoms with Gasteiger partial charge in [0, 0.05) is 25.7 Å². The number of rotatable bonds is 7. The number of alkyl halides is 6. The van der Waals surface area contributed by atoms with E-state index in [1.165, 1.54) is 37.0 Å². The molecule has 2 aliphatic heterocycles. The van der Waals surface area contributed by atoms with Crippen molar-refractivity contribution >= 4 is 57.8 Å². The summed E-state index contributed by atoms with van der Waals surface area (Å²) < 4.78 is 103. The third-order valence-electron chi connectivity index (χ3n) is 5.97. The lowest BCUT2D eigenvalue weighted by molar-refractivity contribution is -0.464. The number of carbonyl (C=O) groups excluding carboxylic acids is 3. The van der Waals surface area contributed by atoms with Gasteiger partial charge in [-0.15, -0.1) is 0 Å². The first-order valence-corrected chi connectivity index (χ1v) is 13.7. The normalized spacial score (nSPS) is 17.1. The molecule has 0 spiro atoms. The van der Waals surface area contributed by atoms with E-state index in [0.29, 0.717) is 39.5 Å². The Morgan fingerprint density at radius 1 is 1.07 bits per heavy atom. The van der Waals surface area contributed by atoms with Crippen LogP contribution in [0.25, 0.3) is 6.08 Å². The SMILES string of the molecule is CN(C)S(O)(O)NC(=O)CN1C(=O)S/C(=C\c2ccc3c(c2)C=[N+]3Cc2ccc(C(F)(F)F)cc2C(F)(F)F)C1=O. The van der Waals surface area contributed by atoms with Crippen molar-refractivity contribution < 1.29 is 54.4 Å². The van der Waals surface area contributed by atoms with Gasteiger partial charge < -0.3 is 0 Å². The van der Waals surface area contributed by atoms with Crippen LogP contribution in [-0.4, -0.2) is 66.8 Å². The van der Waals surface area contributed by atoms with Crippen LogP contribution in [0.3, 0.4) is 0 Å². The number of carbonyl (C=O) groups is 3. The minimum Gasteiger partial charge on any atom is -0.271 e. The number of thioether (sulfide) groups is 1. The van der Waals surface area contributed by atoms with Gasteiger partial charge in [-0.3, -0.25) is 28.4 Å². The van der Waals surface area contributed by atoms with E-state index in [0.717, 1.165) is 10.4 Å². The van der Waals surface area contributed by atoms with Crippen LogP contribution >= 0.6 is 22.7 Å². The van der Waals surface area contributed by atoms with E-state index in [2.05, 4.69) is 0 Å². The lowest BCUT2D eigenvalue weighted by atomic mass is 10.00. The average Bonchev–Trinajstić information content (AvgIpc) is 3.08. The van der Waals surface area contributed by atoms with Gasteiger partial charge in [-0.2, -0.15) is 35.2 Å². The maximum atomic E-state index is 13.5. The molecular weight excluding hydrogens is 602 g/mol. The highest BCUT2D eigenvalue weighted by molar-refractivity contribution is 8.21. The van der Waals surface area contributed by atoms with Gasteiger partial charge in [0.2, 0.25) is 5.69 Å². The summed E-state index contributed by atoms with van der Waals surface area (Å²) in [6, 6.07) is 6.15. The zero-order valence-electron chi connectivity index (χ0n) is 21.1. The molecule has 2 aromatic rings. The van der Waals surface area contributed by atoms with Crippen molar-refractivity contribution in [2.75, 3.05) is 20.6 Å². The van der Waals surface area contributed by atoms with Crippen LogP contribution in [0, 0.1) is 0 Å². The van der Waals surface area contributed by atoms with E-state index in [9.17, 15) is 49.8 Å². The van der Waals surface area contributed by atoms with E-state index < -0.39 is 58.0 Å². The molecule has 3 N–H and O–H groups in total. The summed E-state index contributed by atoms with van der Waals surface area (Å²) >= 11 is 0.563. The first-order chi connectivity index (χ1) is 18.9. The predicted molar refractivity (Wildman–Crippen MR) is 139 cm³/mol. The minimum absolute atomic E-state index is 0.0160. The van der Waals surface area contributed by atoms with Crippen molar-refractivity contribution in [2.45, 2.75) is 18.9 Å². The lowest BCUT2D eigenvalue weighted by Gasteiger charge is -2.38. The third-order valence-corrected chi connectivity index (χ3v) is 8.40. The summed E-state index contributed by atoms with van der Waals surface area (Å²) in [6.45, 7) is -1.08. The fraction of sp³-hybridized carbons (Fsp3) is 0.250. The topological polar surface area (TPSA) is 113 Å². The summed E-state index contributed by atoms with van der Waals surface area (Å²) in [4.78, 5) is 37.8. The van der Waals surface area contributed by atoms with Gasteiger partial charge in [-0.05, 0) is 47.7 Å². The molecule has 2 aromatic carbocycles. The van der Waals surface area contributed by atoms with Gasteiger partial charge in [0.1, 0.15) is 12.1 Å². The maximum absolute atomic E-state index is 13.5. The summed E-state index contributed by atoms with van der Waals surface area (Å²) in [5.41, 5.74) is -1.60. The van der Waals surface area contributed by atoms with Gasteiger partial charge in [0.25, 0.3) is 17.1 Å². The van der Waals surface area contributed by atoms with Crippen LogP contribution in [0.5, 0.6) is 0 Å². The molecule has 3 amide bonds. The summed E-state index contributed by atoms with van der Waals surface area (Å²) in [5, 5.41) is -0.753. The fourth-order valence-electron chi connectivity index (χ4n) is 3.88. The molecule has 0 radical (unpaired) electrons. The predicted octanol–water partition coefficient (Wildman–Crippen LogP) is 5.30. The smallest absolute Gasteiger partial charge is 0.271 e. The Balaban J connectivity index is 1.48. The number of nitrogens with one attached hydrogen (secondary N) is 1. The zero-order chi connectivity index (χ0) is 30.5. The third kappa shape index (κ3) is 6.59. The lowest BCUT2D eigenvalue weighted by Crippen LogP contribution is -2.43. The second-order valence-electron chi connectivity index (χ2n) is 9.07. The van der Waals surface area contributed by atoms with Crippen LogP contribution in [0.1, 0.15) is 27.8 Å². The Bertz CT molecular complexity index is 1500. The molecule has 1 saturated heterocycles. The number of nitrogens with zero attached hydrogens (tertiary/aromatic N) is 3. The molecule has 0 aliphatic carbocycles. The Morgan fingerprint density at radius 3 is 2.34 bits per heavy atom. The second kappa shape index (κ2) is 10.8. The van der Waals surface area contributed by atoms with Crippen molar-refractivity contribution in [3.63, 3.8) is 0 Å². The highest BCUT2D eigenvalue weighted by Crippen LogP contribution is 2.40. The fourth-order valence-corrected chi connectivity index (χ4v) is 5.27. The van der Waals surface area contributed by atoms with Gasteiger partial charge in [-0.1, -0.05) is 17.0 Å². The van der Waals surface area contributed by atoms with Gasteiger partial charge in [0.15, 0.2) is 12.8 Å². The molecule has 4 rings (SSSR count). The molecule has 0 atom stereocenters. The van der Waals surface area contributed by atoms with Crippen LogP contribution in [0.2, 0.25) is 0 Å². The molecule has 1 fully saturated rings. The number of imide groups is 1. The highest BCUT2D eigenvalue weighted by Gasteiger charge is 2.40. The molecule has 0 bridgehead atoms. The van der Waals surface area contributed by atoms with E-state index in [1.807, 2.05) is 4.72 Å². The number of amides is 3. The Hall–Kier alpha value is -3.38. The van der Waals surface area contributed by atoms with Crippen molar-refractivity contribution in [1.29, 1.82) is 0 Å². The van der Waals surface area contributed by atoms with E-state index in [1.54, 1.807) is 12.1 Å². The molecule has 41 heavy (non-hydrogen) atoms. The van der Waals surface area contributed by atoms with Gasteiger partial charge >= 0.3 is 12.4 Å². The van der Waals surface area contributed by atoms with Crippen molar-refractivity contribution in [2.24, 2.45) is 0 Å². The number of halogens is 6. The van der Waals surface area contributed by atoms with Crippen molar-refractivity contribution in [1.82, 2.24) is 13.9 Å². The summed E-state index contributed by atoms with van der Waals surface area (Å²) in [7, 11) is -1.02. The molecule has 0 unspecified atom stereocenters. The number of benzene rings is 2. The van der Waals surface area contributed by atoms with Gasteiger partial charge in [0.05, 0.1) is 16.0 Å². The van der Waals surface area contributed by atoms with Crippen LogP contribution in [-0.2, 0) is 28.5 Å². The monoisotopic (exact) mass is 623 g/mol. The van der Waals surface area contributed by atoms with Gasteiger partial charge in [-0.25, -0.2) is 4.72 Å². The van der Waals surface area contributed by atoms with E-state index in [4.69, 9.17) is 0 Å². The number of fused-ring (bicyclic) bond motifs is 1. The maximum Gasteiger partial charge on any atom is 0.416 e. The van der Waals surface area contributed by atoms with E-state index in [-0.39, 0.29) is 23.1 Å². The van der Waals surface area contributed by atoms with Crippen LogP contribution in [0.15, 0.2) is 41.3 Å². The molecule has 2 heterocycles. The standard InChI is InChI=1S/C24H20F6N4O5S2/c1-32(2)41(38,39)31-20(35)12-34-21(36)19(40-22(34)37)8-13-3-6-18-15(7-13)11-33(18)10-14-4-5-16(23(25,26)27)9-17(14)24(28,29)30/h3-9,11H,10,12H2,1-2H3,(H2-,31,35,38,39)/p+1/b19-8-. The van der Waals surface area contributed by atoms with Crippen molar-refractivity contribution in [3.05, 3.63) is 69.1 Å². The molecular formula is C24H21F6N4O5S2+. The molecule has 9 nitrogen and oxygen atoms in total. The molecule has 0 aromatic heterocycles. The first-order valence-electron chi connectivity index (χ1n) is 11.4. The largest absolute Gasteiger partial charge is 0.416 e. The number of hydrogen-bond donors (Lipinski definition) is 3. The molecule has 220 valence electrons. The average molecular weight is 624 g/mol. The molecule has 2 aliphatic rings. The van der Waals surface area contributed by atoms with Crippen LogP contribution in [0.4, 0.5) is 36.8 Å². The second-order valence-corrected chi connectivity index (χ2v) is 12.0. The van der Waals surface area contributed by atoms with Crippen LogP contribution < -0.4 is 4.72 Å². The highest BCUT2D eigenvalue weighted by atomic mass is 32.3. The zero-order valence-corrected chi connectivity index (χ0v) is 22.7. The summed E-state index contributed by atoms with van der Waals surface area (Å²) in [5.74, 6) is -1.76. The molecule has 17 heteroatoms. The Labute approximate surface area is 234 Å². The first kappa shape index (κ1) is 30.6. The summed E-state index contributed by atoms with van der Waals surface area (Å²) in [6.07, 6.45) is -7.05. The Kier molecular flexibility index (Phi) is 8.05. The Morgan fingerprint density at radius 2 is 1.76 bits per heavy atom. The molecule has 0 saturated carbocycles.